The summed E-state index contributed by atoms with van der Waals surface area (Å²) in [5.41, 5.74) is 0. The molecule has 2 nitrogen and oxygen atoms in total. The molecule has 0 amide bonds. The minimum atomic E-state index is 0.245. The van der Waals surface area contributed by atoms with Crippen molar-refractivity contribution in [3.63, 3.8) is 0 Å². The third kappa shape index (κ3) is 3.42. The van der Waals surface area contributed by atoms with Crippen molar-refractivity contribution < 1.29 is 4.74 Å². The van der Waals surface area contributed by atoms with Crippen LogP contribution in [0.3, 0.4) is 0 Å². The highest BCUT2D eigenvalue weighted by Crippen LogP contribution is 2.28. The van der Waals surface area contributed by atoms with Crippen molar-refractivity contribution in [2.24, 2.45) is 0 Å². The first-order valence-electron chi connectivity index (χ1n) is 5.91. The highest BCUT2D eigenvalue weighted by atomic mass is 32.2. The number of benzene rings is 1. The van der Waals surface area contributed by atoms with E-state index in [4.69, 9.17) is 4.74 Å². The van der Waals surface area contributed by atoms with Gasteiger partial charge in [0.1, 0.15) is 5.75 Å². The van der Waals surface area contributed by atoms with Crippen LogP contribution in [0.5, 0.6) is 5.75 Å². The largest absolute Gasteiger partial charge is 0.491 e. The highest BCUT2D eigenvalue weighted by molar-refractivity contribution is 7.99. The lowest BCUT2D eigenvalue weighted by Gasteiger charge is -2.12. The Kier molecular flexibility index (Phi) is 4.13. The van der Waals surface area contributed by atoms with E-state index in [0.29, 0.717) is 5.37 Å². The molecule has 1 saturated heterocycles. The van der Waals surface area contributed by atoms with Crippen LogP contribution in [0, 0.1) is 0 Å². The van der Waals surface area contributed by atoms with Gasteiger partial charge in [0.25, 0.3) is 0 Å². The van der Waals surface area contributed by atoms with Crippen LogP contribution >= 0.6 is 11.8 Å². The van der Waals surface area contributed by atoms with E-state index in [0.717, 1.165) is 12.3 Å². The smallest absolute Gasteiger partial charge is 0.119 e. The van der Waals surface area contributed by atoms with Crippen LogP contribution in [0.25, 0.3) is 0 Å². The van der Waals surface area contributed by atoms with Gasteiger partial charge in [-0.05, 0) is 57.5 Å². The Bertz CT molecular complexity index is 317. The topological polar surface area (TPSA) is 21.3 Å². The molecular formula is C13H19NOS. The first kappa shape index (κ1) is 11.8. The third-order valence-corrected chi connectivity index (χ3v) is 3.72. The zero-order chi connectivity index (χ0) is 11.4. The molecule has 1 fully saturated rings. The fourth-order valence-corrected chi connectivity index (χ4v) is 2.89. The van der Waals surface area contributed by atoms with Crippen molar-refractivity contribution in [1.29, 1.82) is 0 Å². The molecule has 16 heavy (non-hydrogen) atoms. The number of hydrogen-bond donors (Lipinski definition) is 1. The van der Waals surface area contributed by atoms with E-state index >= 15 is 0 Å². The summed E-state index contributed by atoms with van der Waals surface area (Å²) in [5, 5.41) is 4.08. The second-order valence-electron chi connectivity index (χ2n) is 4.34. The van der Waals surface area contributed by atoms with Crippen LogP contribution in [0.4, 0.5) is 0 Å². The maximum atomic E-state index is 5.61. The normalized spacial score (nSPS) is 20.3. The fourth-order valence-electron chi connectivity index (χ4n) is 1.79. The molecule has 1 aliphatic heterocycles. The van der Waals surface area contributed by atoms with E-state index in [1.807, 2.05) is 25.6 Å². The van der Waals surface area contributed by atoms with E-state index in [1.165, 1.54) is 17.7 Å². The van der Waals surface area contributed by atoms with Crippen molar-refractivity contribution in [3.8, 4) is 5.75 Å². The summed E-state index contributed by atoms with van der Waals surface area (Å²) in [6.07, 6.45) is 2.82. The molecule has 0 aliphatic carbocycles. The van der Waals surface area contributed by atoms with Crippen LogP contribution in [0.15, 0.2) is 29.2 Å². The molecule has 1 aromatic carbocycles. The van der Waals surface area contributed by atoms with Gasteiger partial charge in [-0.15, -0.1) is 11.8 Å². The van der Waals surface area contributed by atoms with Crippen molar-refractivity contribution in [2.75, 3.05) is 6.54 Å². The molecule has 2 rings (SSSR count). The predicted molar refractivity (Wildman–Crippen MR) is 69.1 cm³/mol. The molecule has 1 heterocycles. The summed E-state index contributed by atoms with van der Waals surface area (Å²) in [7, 11) is 0. The first-order valence-corrected chi connectivity index (χ1v) is 6.79. The van der Waals surface area contributed by atoms with Gasteiger partial charge >= 0.3 is 0 Å². The van der Waals surface area contributed by atoms with Crippen molar-refractivity contribution in [2.45, 2.75) is 43.1 Å². The van der Waals surface area contributed by atoms with Gasteiger partial charge in [0.05, 0.1) is 11.5 Å². The van der Waals surface area contributed by atoms with E-state index in [9.17, 15) is 0 Å². The SMILES string of the molecule is CC(C)Oc1ccc(SC2CCCN2)cc1. The van der Waals surface area contributed by atoms with Crippen LogP contribution in [-0.4, -0.2) is 18.0 Å². The molecule has 0 aromatic heterocycles. The summed E-state index contributed by atoms with van der Waals surface area (Å²) in [6, 6.07) is 8.39. The zero-order valence-electron chi connectivity index (χ0n) is 9.90. The molecule has 3 heteroatoms. The average Bonchev–Trinajstić information content (AvgIpc) is 2.73. The lowest BCUT2D eigenvalue weighted by atomic mass is 10.3. The third-order valence-electron chi connectivity index (χ3n) is 2.49. The van der Waals surface area contributed by atoms with Gasteiger partial charge in [0.15, 0.2) is 0 Å². The minimum Gasteiger partial charge on any atom is -0.491 e. The number of hydrogen-bond acceptors (Lipinski definition) is 3. The molecule has 1 aromatic rings. The van der Waals surface area contributed by atoms with Crippen LogP contribution in [-0.2, 0) is 0 Å². The lowest BCUT2D eigenvalue weighted by molar-refractivity contribution is 0.242. The monoisotopic (exact) mass is 237 g/mol. The van der Waals surface area contributed by atoms with Crippen molar-refractivity contribution in [3.05, 3.63) is 24.3 Å². The van der Waals surface area contributed by atoms with E-state index in [-0.39, 0.29) is 6.10 Å². The molecule has 1 unspecified atom stereocenters. The molecule has 88 valence electrons. The second kappa shape index (κ2) is 5.60. The van der Waals surface area contributed by atoms with Gasteiger partial charge in [-0.3, -0.25) is 0 Å². The molecule has 0 bridgehead atoms. The standard InChI is InChI=1S/C13H19NOS/c1-10(2)15-11-5-7-12(8-6-11)16-13-4-3-9-14-13/h5-8,10,13-14H,3-4,9H2,1-2H3. The fraction of sp³-hybridized carbons (Fsp3) is 0.538. The first-order chi connectivity index (χ1) is 7.74. The van der Waals surface area contributed by atoms with Crippen molar-refractivity contribution in [1.82, 2.24) is 5.32 Å². The number of ether oxygens (including phenoxy) is 1. The summed E-state index contributed by atoms with van der Waals surface area (Å²) < 4.78 is 5.61. The average molecular weight is 237 g/mol. The Balaban J connectivity index is 1.90. The molecule has 0 spiro atoms. The van der Waals surface area contributed by atoms with Crippen LogP contribution < -0.4 is 10.1 Å². The number of rotatable bonds is 4. The summed E-state index contributed by atoms with van der Waals surface area (Å²) >= 11 is 1.91. The van der Waals surface area contributed by atoms with Crippen molar-refractivity contribution >= 4 is 11.8 Å². The maximum Gasteiger partial charge on any atom is 0.119 e. The van der Waals surface area contributed by atoms with Gasteiger partial charge < -0.3 is 10.1 Å². The minimum absolute atomic E-state index is 0.245. The van der Waals surface area contributed by atoms with Gasteiger partial charge in [-0.25, -0.2) is 0 Å². The van der Waals surface area contributed by atoms with E-state index in [2.05, 4.69) is 29.6 Å². The summed E-state index contributed by atoms with van der Waals surface area (Å²) in [4.78, 5) is 1.32. The Morgan fingerprint density at radius 1 is 1.31 bits per heavy atom. The van der Waals surface area contributed by atoms with Crippen LogP contribution in [0.1, 0.15) is 26.7 Å². The maximum absolute atomic E-state index is 5.61. The number of thioether (sulfide) groups is 1. The van der Waals surface area contributed by atoms with Gasteiger partial charge in [-0.2, -0.15) is 0 Å². The Morgan fingerprint density at radius 3 is 2.62 bits per heavy atom. The summed E-state index contributed by atoms with van der Waals surface area (Å²) in [6.45, 7) is 5.25. The predicted octanol–water partition coefficient (Wildman–Crippen LogP) is 3.28. The van der Waals surface area contributed by atoms with Gasteiger partial charge in [0, 0.05) is 4.90 Å². The zero-order valence-corrected chi connectivity index (χ0v) is 10.7. The second-order valence-corrected chi connectivity index (χ2v) is 5.62. The quantitative estimate of drug-likeness (QED) is 0.868. The molecule has 1 N–H and O–H groups in total. The Labute approximate surface area is 102 Å². The Morgan fingerprint density at radius 2 is 2.06 bits per heavy atom. The molecule has 1 atom stereocenters. The Hall–Kier alpha value is -0.670. The number of nitrogens with one attached hydrogen (secondary N) is 1. The van der Waals surface area contributed by atoms with E-state index in [1.54, 1.807) is 0 Å². The summed E-state index contributed by atoms with van der Waals surface area (Å²) in [5.74, 6) is 0.957. The highest BCUT2D eigenvalue weighted by Gasteiger charge is 2.14. The van der Waals surface area contributed by atoms with Crippen LogP contribution in [0.2, 0.25) is 0 Å². The molecule has 0 saturated carbocycles. The molecule has 0 radical (unpaired) electrons. The van der Waals surface area contributed by atoms with Gasteiger partial charge in [-0.1, -0.05) is 0 Å². The van der Waals surface area contributed by atoms with E-state index < -0.39 is 0 Å². The molecular weight excluding hydrogens is 218 g/mol. The van der Waals surface area contributed by atoms with Gasteiger partial charge in [0.2, 0.25) is 0 Å². The molecule has 1 aliphatic rings. The lowest BCUT2D eigenvalue weighted by Crippen LogP contribution is -2.16.